The second kappa shape index (κ2) is 9.76. The second-order valence-electron chi connectivity index (χ2n) is 6.09. The largest absolute Gasteiger partial charge is 0.497 e. The number of nitrogens with zero attached hydrogens (tertiary/aromatic N) is 2. The Morgan fingerprint density at radius 2 is 1.61 bits per heavy atom. The highest BCUT2D eigenvalue weighted by Crippen LogP contribution is 2.19. The van der Waals surface area contributed by atoms with Gasteiger partial charge in [-0.15, -0.1) is 0 Å². The third-order valence-corrected chi connectivity index (χ3v) is 5.34. The van der Waals surface area contributed by atoms with Crippen LogP contribution in [0.25, 0.3) is 0 Å². The summed E-state index contributed by atoms with van der Waals surface area (Å²) in [5.41, 5.74) is 0.422. The molecule has 0 saturated carbocycles. The lowest BCUT2D eigenvalue weighted by molar-refractivity contribution is -0.118. The van der Waals surface area contributed by atoms with Crippen LogP contribution in [-0.2, 0) is 14.8 Å². The summed E-state index contributed by atoms with van der Waals surface area (Å²) in [6.07, 6.45) is 1.18. The maximum absolute atomic E-state index is 12.5. The summed E-state index contributed by atoms with van der Waals surface area (Å²) in [6, 6.07) is 13.8. The number of hydrogen-bond donors (Lipinski definition) is 2. The number of sulfonamides is 1. The molecule has 10 nitrogen and oxygen atoms in total. The molecule has 1 aromatic heterocycles. The molecule has 0 unspecified atom stereocenters. The van der Waals surface area contributed by atoms with Gasteiger partial charge in [0.1, 0.15) is 23.6 Å². The zero-order chi connectivity index (χ0) is 22.3. The topological polar surface area (TPSA) is 129 Å². The highest BCUT2D eigenvalue weighted by Gasteiger charge is 2.16. The number of carbonyl (C=O) groups is 1. The highest BCUT2D eigenvalue weighted by molar-refractivity contribution is 7.92. The molecule has 0 atom stereocenters. The molecule has 0 fully saturated rings. The van der Waals surface area contributed by atoms with Gasteiger partial charge in [-0.3, -0.25) is 9.52 Å². The lowest BCUT2D eigenvalue weighted by Gasteiger charge is -2.10. The fourth-order valence-electron chi connectivity index (χ4n) is 2.44. The van der Waals surface area contributed by atoms with Gasteiger partial charge >= 0.3 is 0 Å². The normalized spacial score (nSPS) is 10.8. The number of nitrogens with one attached hydrogen (secondary N) is 2. The standard InChI is InChI=1S/C20H20N4O6S/c1-28-15-5-7-16(8-6-15)30-12-19(25)23-14-3-9-17(10-4-14)31(26,27)24-18-11-20(29-2)22-13-21-18/h3-11,13H,12H2,1-2H3,(H,23,25)(H,21,22,24). The smallest absolute Gasteiger partial charge is 0.263 e. The molecule has 1 heterocycles. The van der Waals surface area contributed by atoms with Crippen molar-refractivity contribution >= 4 is 27.4 Å². The van der Waals surface area contributed by atoms with Crippen molar-refractivity contribution in [1.29, 1.82) is 0 Å². The SMILES string of the molecule is COc1ccc(OCC(=O)Nc2ccc(S(=O)(=O)Nc3cc(OC)ncn3)cc2)cc1. The summed E-state index contributed by atoms with van der Waals surface area (Å²) in [6.45, 7) is -0.205. The summed E-state index contributed by atoms with van der Waals surface area (Å²) in [5.74, 6) is 1.10. The molecule has 2 aromatic carbocycles. The fraction of sp³-hybridized carbons (Fsp3) is 0.150. The highest BCUT2D eigenvalue weighted by atomic mass is 32.2. The third-order valence-electron chi connectivity index (χ3n) is 3.97. The van der Waals surface area contributed by atoms with Gasteiger partial charge in [-0.1, -0.05) is 0 Å². The molecule has 31 heavy (non-hydrogen) atoms. The summed E-state index contributed by atoms with van der Waals surface area (Å²) in [5, 5.41) is 2.64. The summed E-state index contributed by atoms with van der Waals surface area (Å²) in [4.78, 5) is 19.7. The van der Waals surface area contributed by atoms with Gasteiger partial charge in [-0.05, 0) is 48.5 Å². The van der Waals surface area contributed by atoms with Gasteiger partial charge in [0.2, 0.25) is 5.88 Å². The van der Waals surface area contributed by atoms with E-state index in [9.17, 15) is 13.2 Å². The van der Waals surface area contributed by atoms with E-state index in [0.717, 1.165) is 0 Å². The van der Waals surface area contributed by atoms with Gasteiger partial charge in [0, 0.05) is 11.8 Å². The minimum absolute atomic E-state index is 0.00226. The number of aromatic nitrogens is 2. The average Bonchev–Trinajstić information content (AvgIpc) is 2.78. The van der Waals surface area contributed by atoms with Gasteiger partial charge in [0.15, 0.2) is 6.61 Å². The van der Waals surface area contributed by atoms with E-state index >= 15 is 0 Å². The molecular weight excluding hydrogens is 424 g/mol. The molecule has 11 heteroatoms. The van der Waals surface area contributed by atoms with Gasteiger partial charge in [-0.2, -0.15) is 0 Å². The second-order valence-corrected chi connectivity index (χ2v) is 7.77. The molecule has 0 aliphatic carbocycles. The molecule has 0 aliphatic rings. The van der Waals surface area contributed by atoms with Crippen molar-refractivity contribution in [2.75, 3.05) is 30.9 Å². The van der Waals surface area contributed by atoms with Crippen LogP contribution < -0.4 is 24.2 Å². The van der Waals surface area contributed by atoms with Crippen molar-refractivity contribution in [2.45, 2.75) is 4.90 Å². The number of rotatable bonds is 9. The Balaban J connectivity index is 1.57. The van der Waals surface area contributed by atoms with Crippen LogP contribution >= 0.6 is 0 Å². The Hall–Kier alpha value is -3.86. The first-order valence-electron chi connectivity index (χ1n) is 8.95. The van der Waals surface area contributed by atoms with Gasteiger partial charge in [0.25, 0.3) is 15.9 Å². The van der Waals surface area contributed by atoms with Crippen LogP contribution in [0.2, 0.25) is 0 Å². The molecule has 3 rings (SSSR count). The van der Waals surface area contributed by atoms with Crippen molar-refractivity contribution in [2.24, 2.45) is 0 Å². The Morgan fingerprint density at radius 1 is 0.935 bits per heavy atom. The number of hydrogen-bond acceptors (Lipinski definition) is 8. The van der Waals surface area contributed by atoms with E-state index in [-0.39, 0.29) is 23.2 Å². The van der Waals surface area contributed by atoms with Crippen molar-refractivity contribution < 1.29 is 27.4 Å². The minimum atomic E-state index is -3.88. The Labute approximate surface area is 179 Å². The number of methoxy groups -OCH3 is 2. The Morgan fingerprint density at radius 3 is 2.26 bits per heavy atom. The van der Waals surface area contributed by atoms with Crippen LogP contribution in [0.4, 0.5) is 11.5 Å². The lowest BCUT2D eigenvalue weighted by atomic mass is 10.3. The molecule has 2 N–H and O–H groups in total. The van der Waals surface area contributed by atoms with Crippen LogP contribution in [-0.4, -0.2) is 45.1 Å². The van der Waals surface area contributed by atoms with Crippen molar-refractivity contribution in [3.63, 3.8) is 0 Å². The van der Waals surface area contributed by atoms with Gasteiger partial charge < -0.3 is 19.5 Å². The summed E-state index contributed by atoms with van der Waals surface area (Å²) < 4.78 is 42.8. The average molecular weight is 444 g/mol. The van der Waals surface area contributed by atoms with Gasteiger partial charge in [0.05, 0.1) is 19.1 Å². The van der Waals surface area contributed by atoms with E-state index in [0.29, 0.717) is 17.2 Å². The molecular formula is C20H20N4O6S. The predicted molar refractivity (Wildman–Crippen MR) is 113 cm³/mol. The van der Waals surface area contributed by atoms with Crippen LogP contribution in [0.3, 0.4) is 0 Å². The molecule has 3 aromatic rings. The molecule has 162 valence electrons. The van der Waals surface area contributed by atoms with Crippen molar-refractivity contribution in [1.82, 2.24) is 9.97 Å². The van der Waals surface area contributed by atoms with E-state index in [1.54, 1.807) is 31.4 Å². The Kier molecular flexibility index (Phi) is 6.88. The monoisotopic (exact) mass is 444 g/mol. The zero-order valence-corrected chi connectivity index (χ0v) is 17.5. The maximum Gasteiger partial charge on any atom is 0.263 e. The quantitative estimate of drug-likeness (QED) is 0.514. The lowest BCUT2D eigenvalue weighted by Crippen LogP contribution is -2.20. The van der Waals surface area contributed by atoms with Crippen LogP contribution in [0, 0.1) is 0 Å². The maximum atomic E-state index is 12.5. The number of amides is 1. The number of anilines is 2. The molecule has 0 aliphatic heterocycles. The zero-order valence-electron chi connectivity index (χ0n) is 16.7. The van der Waals surface area contributed by atoms with E-state index in [4.69, 9.17) is 14.2 Å². The first kappa shape index (κ1) is 21.8. The molecule has 0 radical (unpaired) electrons. The van der Waals surface area contributed by atoms with Crippen molar-refractivity contribution in [3.05, 3.63) is 60.9 Å². The van der Waals surface area contributed by atoms with E-state index in [2.05, 4.69) is 20.0 Å². The van der Waals surface area contributed by atoms with E-state index in [1.165, 1.54) is 43.8 Å². The van der Waals surface area contributed by atoms with E-state index in [1.807, 2.05) is 0 Å². The number of carbonyl (C=O) groups excluding carboxylic acids is 1. The third kappa shape index (κ3) is 6.06. The molecule has 0 spiro atoms. The van der Waals surface area contributed by atoms with Crippen molar-refractivity contribution in [3.8, 4) is 17.4 Å². The molecule has 1 amide bonds. The molecule has 0 saturated heterocycles. The first-order valence-corrected chi connectivity index (χ1v) is 10.4. The Bertz CT molecular complexity index is 1140. The van der Waals surface area contributed by atoms with Gasteiger partial charge in [-0.25, -0.2) is 18.4 Å². The van der Waals surface area contributed by atoms with Crippen LogP contribution in [0.15, 0.2) is 65.8 Å². The predicted octanol–water partition coefficient (Wildman–Crippen LogP) is 2.31. The number of ether oxygens (including phenoxy) is 3. The van der Waals surface area contributed by atoms with Crippen LogP contribution in [0.5, 0.6) is 17.4 Å². The minimum Gasteiger partial charge on any atom is -0.497 e. The molecule has 0 bridgehead atoms. The van der Waals surface area contributed by atoms with Crippen LogP contribution in [0.1, 0.15) is 0 Å². The fourth-order valence-corrected chi connectivity index (χ4v) is 3.44. The summed E-state index contributed by atoms with van der Waals surface area (Å²) in [7, 11) is -0.908. The first-order chi connectivity index (χ1) is 14.9. The summed E-state index contributed by atoms with van der Waals surface area (Å²) >= 11 is 0. The van der Waals surface area contributed by atoms with E-state index < -0.39 is 15.9 Å². The number of benzene rings is 2.